The fourth-order valence-electron chi connectivity index (χ4n) is 3.22. The standard InChI is InChI=1S/C18H18BrN/c19-16(10-12-4-3-5-12)13-8-9-18-15(11-13)14-6-1-2-7-17(14)20-18/h1-2,6-9,11-12,16,20H,3-5,10H2. The van der Waals surface area contributed by atoms with E-state index in [1.165, 1.54) is 53.1 Å². The van der Waals surface area contributed by atoms with Gasteiger partial charge in [-0.2, -0.15) is 0 Å². The molecular formula is C18H18BrN. The molecule has 20 heavy (non-hydrogen) atoms. The zero-order valence-corrected chi connectivity index (χ0v) is 13.0. The second kappa shape index (κ2) is 4.92. The Morgan fingerprint density at radius 3 is 2.65 bits per heavy atom. The van der Waals surface area contributed by atoms with Crippen LogP contribution in [0.4, 0.5) is 0 Å². The lowest BCUT2D eigenvalue weighted by Crippen LogP contribution is -2.12. The average Bonchev–Trinajstić information content (AvgIpc) is 2.80. The Morgan fingerprint density at radius 1 is 1.05 bits per heavy atom. The maximum Gasteiger partial charge on any atom is 0.0465 e. The third kappa shape index (κ3) is 2.07. The van der Waals surface area contributed by atoms with Gasteiger partial charge < -0.3 is 4.98 Å². The molecule has 0 radical (unpaired) electrons. The fourth-order valence-corrected chi connectivity index (χ4v) is 4.03. The third-order valence-electron chi connectivity index (χ3n) is 4.66. The molecule has 1 aromatic heterocycles. The molecule has 1 heterocycles. The lowest BCUT2D eigenvalue weighted by molar-refractivity contribution is 0.295. The third-order valence-corrected chi connectivity index (χ3v) is 5.56. The molecule has 0 spiro atoms. The Bertz CT molecular complexity index is 754. The average molecular weight is 328 g/mol. The molecule has 2 aromatic carbocycles. The van der Waals surface area contributed by atoms with E-state index in [1.807, 2.05) is 0 Å². The van der Waals surface area contributed by atoms with Gasteiger partial charge in [0.2, 0.25) is 0 Å². The van der Waals surface area contributed by atoms with Crippen LogP contribution in [0, 0.1) is 5.92 Å². The molecule has 0 amide bonds. The number of halogens is 1. The summed E-state index contributed by atoms with van der Waals surface area (Å²) >= 11 is 3.89. The van der Waals surface area contributed by atoms with Crippen molar-refractivity contribution in [3.63, 3.8) is 0 Å². The largest absolute Gasteiger partial charge is 0.355 e. The van der Waals surface area contributed by atoms with Crippen molar-refractivity contribution in [1.82, 2.24) is 4.98 Å². The highest BCUT2D eigenvalue weighted by molar-refractivity contribution is 9.09. The highest BCUT2D eigenvalue weighted by Gasteiger charge is 2.21. The van der Waals surface area contributed by atoms with Gasteiger partial charge in [-0.1, -0.05) is 59.5 Å². The van der Waals surface area contributed by atoms with Crippen molar-refractivity contribution in [3.05, 3.63) is 48.0 Å². The number of H-pyrrole nitrogens is 1. The van der Waals surface area contributed by atoms with Gasteiger partial charge in [0.05, 0.1) is 0 Å². The van der Waals surface area contributed by atoms with E-state index in [0.717, 1.165) is 5.92 Å². The van der Waals surface area contributed by atoms with Crippen LogP contribution >= 0.6 is 15.9 Å². The fraction of sp³-hybridized carbons (Fsp3) is 0.333. The van der Waals surface area contributed by atoms with E-state index in [4.69, 9.17) is 0 Å². The molecule has 1 nitrogen and oxygen atoms in total. The van der Waals surface area contributed by atoms with Gasteiger partial charge >= 0.3 is 0 Å². The van der Waals surface area contributed by atoms with E-state index in [-0.39, 0.29) is 0 Å². The van der Waals surface area contributed by atoms with E-state index >= 15 is 0 Å². The molecule has 3 aromatic rings. The van der Waals surface area contributed by atoms with Crippen LogP contribution in [0.5, 0.6) is 0 Å². The lowest BCUT2D eigenvalue weighted by Gasteiger charge is -2.27. The Kier molecular flexibility index (Phi) is 3.07. The smallest absolute Gasteiger partial charge is 0.0465 e. The van der Waals surface area contributed by atoms with Gasteiger partial charge in [0, 0.05) is 26.6 Å². The van der Waals surface area contributed by atoms with Crippen molar-refractivity contribution < 1.29 is 0 Å². The van der Waals surface area contributed by atoms with Gasteiger partial charge in [0.15, 0.2) is 0 Å². The predicted molar refractivity (Wildman–Crippen MR) is 89.4 cm³/mol. The number of aromatic amines is 1. The first-order chi connectivity index (χ1) is 9.81. The maximum atomic E-state index is 3.89. The number of benzene rings is 2. The summed E-state index contributed by atoms with van der Waals surface area (Å²) in [6, 6.07) is 15.4. The summed E-state index contributed by atoms with van der Waals surface area (Å²) in [6.45, 7) is 0. The van der Waals surface area contributed by atoms with Crippen molar-refractivity contribution in [2.45, 2.75) is 30.5 Å². The Labute approximate surface area is 127 Å². The second-order valence-corrected chi connectivity index (χ2v) is 7.08. The van der Waals surface area contributed by atoms with Gasteiger partial charge in [-0.05, 0) is 36.1 Å². The van der Waals surface area contributed by atoms with Crippen LogP contribution in [0.2, 0.25) is 0 Å². The van der Waals surface area contributed by atoms with Gasteiger partial charge in [-0.25, -0.2) is 0 Å². The van der Waals surface area contributed by atoms with Crippen LogP contribution in [-0.4, -0.2) is 4.98 Å². The summed E-state index contributed by atoms with van der Waals surface area (Å²) < 4.78 is 0. The zero-order valence-electron chi connectivity index (χ0n) is 11.4. The highest BCUT2D eigenvalue weighted by Crippen LogP contribution is 2.39. The second-order valence-electron chi connectivity index (χ2n) is 5.98. The van der Waals surface area contributed by atoms with Crippen LogP contribution in [0.1, 0.15) is 36.1 Å². The molecule has 2 heteroatoms. The lowest BCUT2D eigenvalue weighted by atomic mass is 9.81. The SMILES string of the molecule is BrC(CC1CCC1)c1ccc2[nH]c3ccccc3c2c1. The summed E-state index contributed by atoms with van der Waals surface area (Å²) in [7, 11) is 0. The molecular weight excluding hydrogens is 310 g/mol. The minimum atomic E-state index is 0.492. The number of hydrogen-bond donors (Lipinski definition) is 1. The molecule has 1 atom stereocenters. The van der Waals surface area contributed by atoms with Gasteiger partial charge in [-0.15, -0.1) is 0 Å². The molecule has 0 aliphatic heterocycles. The number of nitrogens with one attached hydrogen (secondary N) is 1. The van der Waals surface area contributed by atoms with Crippen LogP contribution in [0.3, 0.4) is 0 Å². The topological polar surface area (TPSA) is 15.8 Å². The number of para-hydroxylation sites is 1. The van der Waals surface area contributed by atoms with Gasteiger partial charge in [-0.3, -0.25) is 0 Å². The molecule has 1 fully saturated rings. The van der Waals surface area contributed by atoms with Crippen LogP contribution in [0.25, 0.3) is 21.8 Å². The summed E-state index contributed by atoms with van der Waals surface area (Å²) in [6.07, 6.45) is 5.52. The Balaban J connectivity index is 1.74. The minimum absolute atomic E-state index is 0.492. The summed E-state index contributed by atoms with van der Waals surface area (Å²) in [5.41, 5.74) is 3.87. The van der Waals surface area contributed by atoms with E-state index in [9.17, 15) is 0 Å². The molecule has 0 bridgehead atoms. The number of rotatable bonds is 3. The summed E-state index contributed by atoms with van der Waals surface area (Å²) in [4.78, 5) is 3.98. The maximum absolute atomic E-state index is 3.89. The first kappa shape index (κ1) is 12.5. The number of fused-ring (bicyclic) bond motifs is 3. The molecule has 4 rings (SSSR count). The van der Waals surface area contributed by atoms with Crippen molar-refractivity contribution >= 4 is 37.7 Å². The Hall–Kier alpha value is -1.28. The van der Waals surface area contributed by atoms with E-state index in [0.29, 0.717) is 4.83 Å². The number of alkyl halides is 1. The summed E-state index contributed by atoms with van der Waals surface area (Å²) in [5, 5.41) is 2.67. The van der Waals surface area contributed by atoms with Crippen LogP contribution in [-0.2, 0) is 0 Å². The predicted octanol–water partition coefficient (Wildman–Crippen LogP) is 5.95. The van der Waals surface area contributed by atoms with Crippen molar-refractivity contribution in [2.75, 3.05) is 0 Å². The molecule has 1 aliphatic carbocycles. The van der Waals surface area contributed by atoms with Gasteiger partial charge in [0.25, 0.3) is 0 Å². The zero-order chi connectivity index (χ0) is 13.5. The first-order valence-corrected chi connectivity index (χ1v) is 8.37. The Morgan fingerprint density at radius 2 is 1.85 bits per heavy atom. The van der Waals surface area contributed by atoms with Gasteiger partial charge in [0.1, 0.15) is 0 Å². The molecule has 1 saturated carbocycles. The molecule has 102 valence electrons. The monoisotopic (exact) mass is 327 g/mol. The van der Waals surface area contributed by atoms with E-state index in [2.05, 4.69) is 63.4 Å². The molecule has 1 unspecified atom stereocenters. The van der Waals surface area contributed by atoms with Crippen molar-refractivity contribution in [3.8, 4) is 0 Å². The molecule has 0 saturated heterocycles. The van der Waals surface area contributed by atoms with Crippen molar-refractivity contribution in [1.29, 1.82) is 0 Å². The minimum Gasteiger partial charge on any atom is -0.355 e. The summed E-state index contributed by atoms with van der Waals surface area (Å²) in [5.74, 6) is 0.929. The molecule has 1 aliphatic rings. The quantitative estimate of drug-likeness (QED) is 0.572. The molecule has 1 N–H and O–H groups in total. The normalized spacial score (nSPS) is 17.4. The van der Waals surface area contributed by atoms with Crippen molar-refractivity contribution in [2.24, 2.45) is 5.92 Å². The van der Waals surface area contributed by atoms with Crippen LogP contribution < -0.4 is 0 Å². The first-order valence-electron chi connectivity index (χ1n) is 7.46. The highest BCUT2D eigenvalue weighted by atomic mass is 79.9. The van der Waals surface area contributed by atoms with Crippen LogP contribution in [0.15, 0.2) is 42.5 Å². The number of aromatic nitrogens is 1. The van der Waals surface area contributed by atoms with E-state index < -0.39 is 0 Å². The number of hydrogen-bond acceptors (Lipinski definition) is 0. The van der Waals surface area contributed by atoms with E-state index in [1.54, 1.807) is 0 Å².